The number of piperazine rings is 1. The third-order valence-corrected chi connectivity index (χ3v) is 8.54. The van der Waals surface area contributed by atoms with Crippen LogP contribution in [0.3, 0.4) is 0 Å². The number of rotatable bonds is 3. The molecule has 4 rings (SSSR count). The van der Waals surface area contributed by atoms with Crippen molar-refractivity contribution in [2.75, 3.05) is 27.2 Å². The molecule has 4 fully saturated rings. The van der Waals surface area contributed by atoms with Gasteiger partial charge in [-0.25, -0.2) is 0 Å². The van der Waals surface area contributed by atoms with Crippen LogP contribution < -0.4 is 0 Å². The summed E-state index contributed by atoms with van der Waals surface area (Å²) in [4.78, 5) is 44.4. The summed E-state index contributed by atoms with van der Waals surface area (Å²) in [5.41, 5.74) is 0. The molecule has 0 bridgehead atoms. The number of hydrogen-bond donors (Lipinski definition) is 0. The summed E-state index contributed by atoms with van der Waals surface area (Å²) >= 11 is 0. The van der Waals surface area contributed by atoms with Crippen molar-refractivity contribution >= 4 is 17.7 Å². The molecule has 4 aliphatic rings. The molecule has 2 aliphatic carbocycles. The molecule has 6 unspecified atom stereocenters. The Bertz CT molecular complexity index is 720. The van der Waals surface area contributed by atoms with Crippen LogP contribution in [0.15, 0.2) is 0 Å². The van der Waals surface area contributed by atoms with Gasteiger partial charge in [-0.05, 0) is 63.7 Å². The van der Waals surface area contributed by atoms with Crippen molar-refractivity contribution in [3.8, 4) is 0 Å². The minimum absolute atomic E-state index is 0.0347. The van der Waals surface area contributed by atoms with Gasteiger partial charge in [-0.15, -0.1) is 0 Å². The maximum Gasteiger partial charge on any atom is 0.252 e. The first-order valence-electron chi connectivity index (χ1n) is 12.7. The van der Waals surface area contributed by atoms with E-state index in [4.69, 9.17) is 4.74 Å². The lowest BCUT2D eigenvalue weighted by Gasteiger charge is -2.55. The van der Waals surface area contributed by atoms with E-state index < -0.39 is 0 Å². The normalized spacial score (nSPS) is 37.7. The zero-order chi connectivity index (χ0) is 23.0. The van der Waals surface area contributed by atoms with Crippen molar-refractivity contribution < 1.29 is 19.1 Å². The van der Waals surface area contributed by atoms with Crippen LogP contribution in [0, 0.1) is 17.8 Å². The molecule has 180 valence electrons. The molecule has 7 nitrogen and oxygen atoms in total. The average molecular weight is 448 g/mol. The van der Waals surface area contributed by atoms with E-state index in [0.29, 0.717) is 25.0 Å². The highest BCUT2D eigenvalue weighted by molar-refractivity contribution is 5.82. The Balaban J connectivity index is 1.52. The van der Waals surface area contributed by atoms with Crippen molar-refractivity contribution in [2.24, 2.45) is 17.8 Å². The van der Waals surface area contributed by atoms with Crippen molar-refractivity contribution in [1.82, 2.24) is 14.7 Å². The van der Waals surface area contributed by atoms with E-state index in [0.717, 1.165) is 51.4 Å². The largest absolute Gasteiger partial charge is 0.368 e. The van der Waals surface area contributed by atoms with Crippen LogP contribution in [-0.2, 0) is 19.1 Å². The zero-order valence-corrected chi connectivity index (χ0v) is 20.3. The van der Waals surface area contributed by atoms with Gasteiger partial charge in [-0.2, -0.15) is 0 Å². The number of carbonyl (C=O) groups excluding carboxylic acids is 3. The molecule has 7 atom stereocenters. The van der Waals surface area contributed by atoms with Crippen LogP contribution in [0.5, 0.6) is 0 Å². The molecule has 0 radical (unpaired) electrons. The van der Waals surface area contributed by atoms with Gasteiger partial charge in [0.25, 0.3) is 5.91 Å². The van der Waals surface area contributed by atoms with Crippen LogP contribution >= 0.6 is 0 Å². The molecular weight excluding hydrogens is 406 g/mol. The molecule has 2 heterocycles. The van der Waals surface area contributed by atoms with E-state index in [-0.39, 0.29) is 47.9 Å². The summed E-state index contributed by atoms with van der Waals surface area (Å²) in [5, 5.41) is 0. The van der Waals surface area contributed by atoms with Crippen LogP contribution in [0.2, 0.25) is 0 Å². The quantitative estimate of drug-likeness (QED) is 0.667. The molecule has 0 aromatic heterocycles. The van der Waals surface area contributed by atoms with Gasteiger partial charge in [0.05, 0.1) is 12.1 Å². The van der Waals surface area contributed by atoms with Crippen LogP contribution in [0.1, 0.15) is 71.6 Å². The molecule has 3 amide bonds. The van der Waals surface area contributed by atoms with Crippen molar-refractivity contribution in [3.63, 3.8) is 0 Å². The summed E-state index contributed by atoms with van der Waals surface area (Å²) in [6, 6.07) is 0.198. The molecule has 2 saturated heterocycles. The molecular formula is C25H41N3O4. The zero-order valence-electron chi connectivity index (χ0n) is 20.3. The highest BCUT2D eigenvalue weighted by Crippen LogP contribution is 2.44. The first-order valence-corrected chi connectivity index (χ1v) is 12.7. The molecule has 0 aromatic rings. The molecule has 0 spiro atoms. The summed E-state index contributed by atoms with van der Waals surface area (Å²) in [5.74, 6) is 1.67. The first kappa shape index (κ1) is 23.5. The Hall–Kier alpha value is -1.63. The SMILES string of the molecule is CC(=O)N1C2CCC(C3CCCC(C(=O)N(C)C)C3)CC2N(C(=O)C2CCCO2)C[C@@H]1C. The lowest BCUT2D eigenvalue weighted by Crippen LogP contribution is -2.68. The number of carbonyl (C=O) groups is 3. The maximum absolute atomic E-state index is 13.4. The van der Waals surface area contributed by atoms with E-state index >= 15 is 0 Å². The Morgan fingerprint density at radius 3 is 2.31 bits per heavy atom. The van der Waals surface area contributed by atoms with Gasteiger partial charge < -0.3 is 19.4 Å². The fraction of sp³-hybridized carbons (Fsp3) is 0.880. The smallest absolute Gasteiger partial charge is 0.252 e. The predicted octanol–water partition coefficient (Wildman–Crippen LogP) is 2.68. The third kappa shape index (κ3) is 4.55. The second kappa shape index (κ2) is 9.70. The van der Waals surface area contributed by atoms with Crippen LogP contribution in [-0.4, -0.2) is 83.9 Å². The fourth-order valence-corrected chi connectivity index (χ4v) is 7.08. The second-order valence-electron chi connectivity index (χ2n) is 10.8. The van der Waals surface area contributed by atoms with E-state index in [1.54, 1.807) is 11.8 Å². The van der Waals surface area contributed by atoms with Crippen LogP contribution in [0.4, 0.5) is 0 Å². The summed E-state index contributed by atoms with van der Waals surface area (Å²) in [6.45, 7) is 4.99. The highest BCUT2D eigenvalue weighted by Gasteiger charge is 2.49. The van der Waals surface area contributed by atoms with Crippen molar-refractivity contribution in [2.45, 2.75) is 95.9 Å². The monoisotopic (exact) mass is 447 g/mol. The van der Waals surface area contributed by atoms with E-state index in [1.807, 2.05) is 19.0 Å². The maximum atomic E-state index is 13.4. The van der Waals surface area contributed by atoms with Crippen molar-refractivity contribution in [3.05, 3.63) is 0 Å². The molecule has 7 heteroatoms. The molecule has 0 N–H and O–H groups in total. The summed E-state index contributed by atoms with van der Waals surface area (Å²) in [7, 11) is 3.70. The van der Waals surface area contributed by atoms with E-state index in [2.05, 4.69) is 11.8 Å². The lowest BCUT2D eigenvalue weighted by atomic mass is 9.67. The lowest BCUT2D eigenvalue weighted by molar-refractivity contribution is -0.160. The molecule has 0 aromatic carbocycles. The highest BCUT2D eigenvalue weighted by atomic mass is 16.5. The van der Waals surface area contributed by atoms with Gasteiger partial charge in [-0.3, -0.25) is 14.4 Å². The minimum Gasteiger partial charge on any atom is -0.368 e. The molecule has 2 saturated carbocycles. The number of nitrogens with zero attached hydrogens (tertiary/aromatic N) is 3. The van der Waals surface area contributed by atoms with Gasteiger partial charge in [0.1, 0.15) is 6.10 Å². The summed E-state index contributed by atoms with van der Waals surface area (Å²) in [6.07, 6.45) is 8.62. The fourth-order valence-electron chi connectivity index (χ4n) is 7.08. The van der Waals surface area contributed by atoms with Gasteiger partial charge in [0.15, 0.2) is 0 Å². The van der Waals surface area contributed by atoms with Crippen LogP contribution in [0.25, 0.3) is 0 Å². The summed E-state index contributed by atoms with van der Waals surface area (Å²) < 4.78 is 5.75. The molecule has 32 heavy (non-hydrogen) atoms. The Kier molecular flexibility index (Phi) is 7.13. The van der Waals surface area contributed by atoms with Gasteiger partial charge >= 0.3 is 0 Å². The average Bonchev–Trinajstić information content (AvgIpc) is 3.32. The number of amides is 3. The first-order chi connectivity index (χ1) is 15.3. The van der Waals surface area contributed by atoms with Gasteiger partial charge in [-0.1, -0.05) is 12.8 Å². The molecule has 2 aliphatic heterocycles. The predicted molar refractivity (Wildman–Crippen MR) is 122 cm³/mol. The van der Waals surface area contributed by atoms with Gasteiger partial charge in [0.2, 0.25) is 11.8 Å². The Morgan fingerprint density at radius 1 is 0.906 bits per heavy atom. The Morgan fingerprint density at radius 2 is 1.66 bits per heavy atom. The number of fused-ring (bicyclic) bond motifs is 1. The second-order valence-corrected chi connectivity index (χ2v) is 10.8. The van der Waals surface area contributed by atoms with Crippen molar-refractivity contribution in [1.29, 1.82) is 0 Å². The standard InChI is InChI=1S/C25H41N3O4/c1-16-15-27(25(31)23-9-6-12-32-23)22-14-19(10-11-21(22)28(16)17(2)29)18-7-5-8-20(13-18)24(30)26(3)4/h16,18-23H,5-15H2,1-4H3/t16-,18?,19?,20?,21?,22?,23?/m0/s1. The van der Waals surface area contributed by atoms with E-state index in [9.17, 15) is 14.4 Å². The Labute approximate surface area is 192 Å². The number of ether oxygens (including phenoxy) is 1. The minimum atomic E-state index is -0.316. The van der Waals surface area contributed by atoms with Gasteiger partial charge in [0, 0.05) is 46.1 Å². The topological polar surface area (TPSA) is 70.2 Å². The van der Waals surface area contributed by atoms with E-state index in [1.165, 1.54) is 6.42 Å². The third-order valence-electron chi connectivity index (χ3n) is 8.54. The number of hydrogen-bond acceptors (Lipinski definition) is 4.